The van der Waals surface area contributed by atoms with Crippen LogP contribution in [0, 0.1) is 7.14 Å². The lowest BCUT2D eigenvalue weighted by atomic mass is 10.1. The third-order valence-corrected chi connectivity index (χ3v) is 8.02. The lowest BCUT2D eigenvalue weighted by Crippen LogP contribution is -2.49. The molecule has 1 aliphatic heterocycles. The molecule has 1 aliphatic rings. The molecule has 4 nitrogen and oxygen atoms in total. The fourth-order valence-electron chi connectivity index (χ4n) is 4.94. The Labute approximate surface area is 222 Å². The first-order chi connectivity index (χ1) is 16.1. The first-order valence-electron chi connectivity index (χ1n) is 11.6. The van der Waals surface area contributed by atoms with Gasteiger partial charge in [-0.1, -0.05) is 30.3 Å². The first-order valence-corrected chi connectivity index (χ1v) is 13.8. The Kier molecular flexibility index (Phi) is 7.56. The number of aromatic nitrogens is 1. The van der Waals surface area contributed by atoms with Gasteiger partial charge in [0, 0.05) is 68.2 Å². The Morgan fingerprint density at radius 2 is 1.30 bits per heavy atom. The number of β-amino-alcohol motifs (C(OH)–C–C–N with tert-alkyl or cyclic N) is 1. The lowest BCUT2D eigenvalue weighted by Gasteiger charge is -2.35. The second-order valence-electron chi connectivity index (χ2n) is 8.97. The lowest BCUT2D eigenvalue weighted by molar-refractivity contribution is 0.0659. The maximum atomic E-state index is 11.0. The van der Waals surface area contributed by atoms with Crippen LogP contribution in [0.25, 0.3) is 21.8 Å². The molecular weight excluding hydrogens is 636 g/mol. The summed E-state index contributed by atoms with van der Waals surface area (Å²) in [6.45, 7) is 6.65. The van der Waals surface area contributed by atoms with Crippen molar-refractivity contribution in [2.75, 3.05) is 39.3 Å². The van der Waals surface area contributed by atoms with E-state index in [0.29, 0.717) is 6.54 Å². The van der Waals surface area contributed by atoms with Crippen LogP contribution in [-0.2, 0) is 13.0 Å². The van der Waals surface area contributed by atoms with Gasteiger partial charge in [-0.05, 0) is 93.6 Å². The molecule has 1 fully saturated rings. The van der Waals surface area contributed by atoms with Crippen molar-refractivity contribution in [2.24, 2.45) is 0 Å². The summed E-state index contributed by atoms with van der Waals surface area (Å²) in [4.78, 5) is 4.97. The number of fused-ring (bicyclic) bond motifs is 3. The highest BCUT2D eigenvalue weighted by Crippen LogP contribution is 2.31. The van der Waals surface area contributed by atoms with E-state index in [1.807, 2.05) is 0 Å². The van der Waals surface area contributed by atoms with Crippen molar-refractivity contribution in [1.82, 2.24) is 14.4 Å². The zero-order valence-electron chi connectivity index (χ0n) is 18.6. The Balaban J connectivity index is 1.21. The quantitative estimate of drug-likeness (QED) is 0.275. The molecule has 1 aromatic heterocycles. The van der Waals surface area contributed by atoms with Gasteiger partial charge < -0.3 is 14.6 Å². The molecule has 33 heavy (non-hydrogen) atoms. The van der Waals surface area contributed by atoms with Gasteiger partial charge in [0.15, 0.2) is 0 Å². The number of halogens is 2. The van der Waals surface area contributed by atoms with Crippen molar-refractivity contribution in [3.05, 3.63) is 79.4 Å². The Bertz CT molecular complexity index is 1170. The second-order valence-corrected chi connectivity index (χ2v) is 11.5. The van der Waals surface area contributed by atoms with E-state index in [-0.39, 0.29) is 0 Å². The maximum Gasteiger partial charge on any atom is 0.0845 e. The molecule has 5 rings (SSSR count). The summed E-state index contributed by atoms with van der Waals surface area (Å²) in [6, 6.07) is 24.0. The van der Waals surface area contributed by atoms with Gasteiger partial charge in [-0.25, -0.2) is 0 Å². The van der Waals surface area contributed by atoms with Gasteiger partial charge >= 0.3 is 0 Å². The number of aliphatic hydroxyl groups excluding tert-OH is 1. The van der Waals surface area contributed by atoms with Crippen molar-refractivity contribution < 1.29 is 5.11 Å². The van der Waals surface area contributed by atoms with Crippen LogP contribution in [0.5, 0.6) is 0 Å². The third-order valence-electron chi connectivity index (χ3n) is 6.68. The monoisotopic (exact) mass is 665 g/mol. The van der Waals surface area contributed by atoms with Crippen molar-refractivity contribution in [3.63, 3.8) is 0 Å². The molecule has 1 atom stereocenters. The average Bonchev–Trinajstić information content (AvgIpc) is 3.11. The number of hydrogen-bond acceptors (Lipinski definition) is 3. The number of rotatable bonds is 7. The zero-order valence-corrected chi connectivity index (χ0v) is 22.9. The summed E-state index contributed by atoms with van der Waals surface area (Å²) in [5.41, 5.74) is 3.82. The highest BCUT2D eigenvalue weighted by atomic mass is 127. The van der Waals surface area contributed by atoms with Crippen LogP contribution in [0.2, 0.25) is 0 Å². The summed E-state index contributed by atoms with van der Waals surface area (Å²) >= 11 is 4.76. The number of piperazine rings is 1. The minimum atomic E-state index is -0.391. The normalized spacial score (nSPS) is 16.6. The smallest absolute Gasteiger partial charge is 0.0845 e. The molecule has 0 spiro atoms. The minimum Gasteiger partial charge on any atom is -0.390 e. The van der Waals surface area contributed by atoms with Gasteiger partial charge in [-0.15, -0.1) is 0 Å². The average molecular weight is 665 g/mol. The van der Waals surface area contributed by atoms with Gasteiger partial charge in [-0.2, -0.15) is 0 Å². The maximum absolute atomic E-state index is 11.0. The number of benzene rings is 3. The molecule has 2 heterocycles. The second kappa shape index (κ2) is 10.6. The summed E-state index contributed by atoms with van der Waals surface area (Å²) in [6.07, 6.45) is 0.716. The number of hydrogen-bond donors (Lipinski definition) is 1. The summed E-state index contributed by atoms with van der Waals surface area (Å²) < 4.78 is 4.78. The summed E-state index contributed by atoms with van der Waals surface area (Å²) in [7, 11) is 0. The van der Waals surface area contributed by atoms with E-state index >= 15 is 0 Å². The van der Waals surface area contributed by atoms with E-state index in [4.69, 9.17) is 0 Å². The largest absolute Gasteiger partial charge is 0.390 e. The molecule has 4 aromatic rings. The molecule has 0 amide bonds. The van der Waals surface area contributed by atoms with Crippen LogP contribution in [0.3, 0.4) is 0 Å². The highest BCUT2D eigenvalue weighted by Gasteiger charge is 2.21. The van der Waals surface area contributed by atoms with Crippen LogP contribution in [0.1, 0.15) is 5.56 Å². The SMILES string of the molecule is O[C@@H](CN1CCN(CCc2ccccc2)CC1)Cn1c2ccc(I)cc2c2cc(I)ccc21. The molecule has 0 aliphatic carbocycles. The van der Waals surface area contributed by atoms with E-state index in [0.717, 1.165) is 45.7 Å². The van der Waals surface area contributed by atoms with Gasteiger partial charge in [0.05, 0.1) is 12.6 Å². The van der Waals surface area contributed by atoms with E-state index in [2.05, 4.69) is 126 Å². The van der Waals surface area contributed by atoms with Crippen molar-refractivity contribution in [2.45, 2.75) is 19.1 Å². The minimum absolute atomic E-state index is 0.391. The first kappa shape index (κ1) is 23.5. The Morgan fingerprint density at radius 3 is 1.91 bits per heavy atom. The number of nitrogens with zero attached hydrogens (tertiary/aromatic N) is 3. The van der Waals surface area contributed by atoms with Crippen LogP contribution in [-0.4, -0.2) is 64.8 Å². The molecule has 1 N–H and O–H groups in total. The Morgan fingerprint density at radius 1 is 0.727 bits per heavy atom. The van der Waals surface area contributed by atoms with Gasteiger partial charge in [0.2, 0.25) is 0 Å². The van der Waals surface area contributed by atoms with Crippen LogP contribution in [0.15, 0.2) is 66.7 Å². The molecule has 0 radical (unpaired) electrons. The van der Waals surface area contributed by atoms with Gasteiger partial charge in [0.25, 0.3) is 0 Å². The van der Waals surface area contributed by atoms with Gasteiger partial charge in [-0.3, -0.25) is 4.90 Å². The number of aliphatic hydroxyl groups is 1. The van der Waals surface area contributed by atoms with Crippen molar-refractivity contribution >= 4 is 67.0 Å². The third kappa shape index (κ3) is 5.56. The van der Waals surface area contributed by atoms with E-state index in [1.165, 1.54) is 34.5 Å². The fraction of sp³-hybridized carbons (Fsp3) is 0.333. The van der Waals surface area contributed by atoms with Crippen molar-refractivity contribution in [1.29, 1.82) is 0 Å². The predicted molar refractivity (Wildman–Crippen MR) is 154 cm³/mol. The molecule has 1 saturated heterocycles. The molecule has 172 valence electrons. The Hall–Kier alpha value is -1.20. The zero-order chi connectivity index (χ0) is 22.8. The highest BCUT2D eigenvalue weighted by molar-refractivity contribution is 14.1. The standard InChI is InChI=1S/C27H29I2N3O/c28-21-6-8-26-24(16-21)25-17-22(29)7-9-27(25)32(26)19-23(33)18-31-14-12-30(13-15-31)11-10-20-4-2-1-3-5-20/h1-9,16-17,23,33H,10-15,18-19H2/t23-/m0/s1. The van der Waals surface area contributed by atoms with Gasteiger partial charge in [0.1, 0.15) is 0 Å². The van der Waals surface area contributed by atoms with Crippen LogP contribution < -0.4 is 0 Å². The van der Waals surface area contributed by atoms with Crippen LogP contribution >= 0.6 is 45.2 Å². The van der Waals surface area contributed by atoms with E-state index in [1.54, 1.807) is 0 Å². The fourth-order valence-corrected chi connectivity index (χ4v) is 5.92. The molecule has 0 bridgehead atoms. The predicted octanol–water partition coefficient (Wildman–Crippen LogP) is 5.22. The topological polar surface area (TPSA) is 31.6 Å². The van der Waals surface area contributed by atoms with Crippen molar-refractivity contribution in [3.8, 4) is 0 Å². The molecule has 6 heteroatoms. The summed E-state index contributed by atoms with van der Waals surface area (Å²) in [5, 5.41) is 13.6. The molecule has 0 unspecified atom stereocenters. The molecule has 3 aromatic carbocycles. The van der Waals surface area contributed by atoms with E-state index in [9.17, 15) is 5.11 Å². The molecular formula is C27H29I2N3O. The van der Waals surface area contributed by atoms with E-state index < -0.39 is 6.10 Å². The molecule has 0 saturated carbocycles. The summed E-state index contributed by atoms with van der Waals surface area (Å²) in [5.74, 6) is 0. The van der Waals surface area contributed by atoms with Crippen LogP contribution in [0.4, 0.5) is 0 Å².